The van der Waals surface area contributed by atoms with Crippen LogP contribution in [0.15, 0.2) is 36.5 Å². The minimum absolute atomic E-state index is 0. The Morgan fingerprint density at radius 1 is 1.37 bits per heavy atom. The summed E-state index contributed by atoms with van der Waals surface area (Å²) in [6.07, 6.45) is 8.40. The molecule has 1 aliphatic heterocycles. The van der Waals surface area contributed by atoms with E-state index in [0.29, 0.717) is 13.1 Å². The summed E-state index contributed by atoms with van der Waals surface area (Å²) in [6.45, 7) is 10.3. The van der Waals surface area contributed by atoms with E-state index in [2.05, 4.69) is 18.1 Å². The SMILES string of the molecule is C=CC1=C(C=C)CN(CC(O)CN)CC1.CSC.S. The van der Waals surface area contributed by atoms with Gasteiger partial charge in [0.1, 0.15) is 0 Å². The molecule has 1 rings (SSSR count). The first-order valence-corrected chi connectivity index (χ1v) is 7.73. The van der Waals surface area contributed by atoms with Gasteiger partial charge in [-0.1, -0.05) is 25.3 Å². The van der Waals surface area contributed by atoms with Gasteiger partial charge in [0.05, 0.1) is 6.10 Å². The van der Waals surface area contributed by atoms with Crippen LogP contribution in [0.2, 0.25) is 0 Å². The van der Waals surface area contributed by atoms with Crippen molar-refractivity contribution in [3.05, 3.63) is 36.5 Å². The van der Waals surface area contributed by atoms with Crippen LogP contribution in [0.5, 0.6) is 0 Å². The van der Waals surface area contributed by atoms with E-state index in [0.717, 1.165) is 19.5 Å². The van der Waals surface area contributed by atoms with E-state index >= 15 is 0 Å². The Labute approximate surface area is 129 Å². The van der Waals surface area contributed by atoms with Crippen LogP contribution in [-0.4, -0.2) is 54.8 Å². The van der Waals surface area contributed by atoms with Gasteiger partial charge < -0.3 is 10.8 Å². The Bertz CT molecular complexity index is 293. The molecule has 3 nitrogen and oxygen atoms in total. The topological polar surface area (TPSA) is 49.5 Å². The molecule has 0 fully saturated rings. The molecule has 1 heterocycles. The highest BCUT2D eigenvalue weighted by molar-refractivity contribution is 7.97. The maximum absolute atomic E-state index is 9.46. The van der Waals surface area contributed by atoms with Crippen molar-refractivity contribution in [3.63, 3.8) is 0 Å². The second-order valence-corrected chi connectivity index (χ2v) is 5.06. The first kappa shape index (κ1) is 21.1. The molecule has 0 aromatic heterocycles. The van der Waals surface area contributed by atoms with Crippen molar-refractivity contribution < 1.29 is 5.11 Å². The van der Waals surface area contributed by atoms with Crippen LogP contribution >= 0.6 is 25.3 Å². The van der Waals surface area contributed by atoms with Crippen molar-refractivity contribution in [1.82, 2.24) is 4.90 Å². The fourth-order valence-electron chi connectivity index (χ4n) is 1.82. The molecule has 1 unspecified atom stereocenters. The van der Waals surface area contributed by atoms with Gasteiger partial charge in [0.25, 0.3) is 0 Å². The smallest absolute Gasteiger partial charge is 0.0789 e. The fourth-order valence-corrected chi connectivity index (χ4v) is 1.82. The van der Waals surface area contributed by atoms with Crippen LogP contribution < -0.4 is 5.73 Å². The molecule has 19 heavy (non-hydrogen) atoms. The molecule has 0 aliphatic carbocycles. The van der Waals surface area contributed by atoms with Crippen LogP contribution in [0.4, 0.5) is 0 Å². The number of hydrogen-bond acceptors (Lipinski definition) is 4. The summed E-state index contributed by atoms with van der Waals surface area (Å²) >= 11 is 1.75. The van der Waals surface area contributed by atoms with Gasteiger partial charge in [0, 0.05) is 26.2 Å². The molecule has 0 bridgehead atoms. The molecular weight excluding hydrogens is 276 g/mol. The second-order valence-electron chi connectivity index (χ2n) is 4.24. The van der Waals surface area contributed by atoms with E-state index in [4.69, 9.17) is 5.73 Å². The van der Waals surface area contributed by atoms with E-state index in [1.807, 2.05) is 24.7 Å². The Balaban J connectivity index is 0. The van der Waals surface area contributed by atoms with Gasteiger partial charge >= 0.3 is 0 Å². The van der Waals surface area contributed by atoms with Gasteiger partial charge in [0.15, 0.2) is 0 Å². The summed E-state index contributed by atoms with van der Waals surface area (Å²) in [5.74, 6) is 0. The number of hydrogen-bond donors (Lipinski definition) is 2. The maximum atomic E-state index is 9.46. The number of nitrogens with zero attached hydrogens (tertiary/aromatic N) is 1. The number of aliphatic hydroxyl groups excluding tert-OH is 1. The van der Waals surface area contributed by atoms with E-state index in [9.17, 15) is 5.11 Å². The molecule has 5 heteroatoms. The third-order valence-electron chi connectivity index (χ3n) is 2.74. The van der Waals surface area contributed by atoms with Crippen LogP contribution in [0.3, 0.4) is 0 Å². The Hall–Kier alpha value is -0.200. The minimum atomic E-state index is -0.429. The van der Waals surface area contributed by atoms with E-state index in [1.165, 1.54) is 11.1 Å². The lowest BCUT2D eigenvalue weighted by molar-refractivity contribution is 0.122. The van der Waals surface area contributed by atoms with Gasteiger partial charge in [-0.25, -0.2) is 0 Å². The lowest BCUT2D eigenvalue weighted by Crippen LogP contribution is -2.40. The Kier molecular flexibility index (Phi) is 14.2. The average Bonchev–Trinajstić information content (AvgIpc) is 2.39. The number of aliphatic hydroxyl groups is 1. The Morgan fingerprint density at radius 2 is 1.89 bits per heavy atom. The number of nitrogens with two attached hydrogens (primary N) is 1. The molecule has 0 spiro atoms. The molecule has 1 aliphatic rings. The van der Waals surface area contributed by atoms with Crippen LogP contribution in [0.25, 0.3) is 0 Å². The molecule has 112 valence electrons. The van der Waals surface area contributed by atoms with E-state index < -0.39 is 6.10 Å². The van der Waals surface area contributed by atoms with Gasteiger partial charge in [-0.15, -0.1) is 0 Å². The number of allylic oxidation sites excluding steroid dienone is 1. The van der Waals surface area contributed by atoms with Crippen molar-refractivity contribution in [2.24, 2.45) is 5.73 Å². The molecule has 0 radical (unpaired) electrons. The summed E-state index contributed by atoms with van der Waals surface area (Å²) in [5.41, 5.74) is 7.86. The minimum Gasteiger partial charge on any atom is -0.390 e. The van der Waals surface area contributed by atoms with Crippen LogP contribution in [-0.2, 0) is 0 Å². The highest BCUT2D eigenvalue weighted by atomic mass is 32.2. The van der Waals surface area contributed by atoms with Crippen molar-refractivity contribution >= 4 is 25.3 Å². The zero-order valence-corrected chi connectivity index (χ0v) is 13.9. The normalized spacial score (nSPS) is 16.8. The zero-order valence-electron chi connectivity index (χ0n) is 12.1. The standard InChI is InChI=1S/C12H20N2O.C2H6S.H2S/c1-3-10-5-6-14(8-11(10)4-2)9-12(15)7-13;1-3-2;/h3-4,12,15H,1-2,5-9,13H2;1-2H3;1H2. The molecule has 0 aromatic carbocycles. The van der Waals surface area contributed by atoms with Crippen molar-refractivity contribution in [3.8, 4) is 0 Å². The molecule has 0 saturated heterocycles. The monoisotopic (exact) mass is 304 g/mol. The third kappa shape index (κ3) is 8.55. The molecule has 0 amide bonds. The molecular formula is C14H28N2OS2. The van der Waals surface area contributed by atoms with Crippen molar-refractivity contribution in [1.29, 1.82) is 0 Å². The third-order valence-corrected chi connectivity index (χ3v) is 2.74. The van der Waals surface area contributed by atoms with Crippen molar-refractivity contribution in [2.75, 3.05) is 38.7 Å². The van der Waals surface area contributed by atoms with Crippen LogP contribution in [0.1, 0.15) is 6.42 Å². The predicted octanol–water partition coefficient (Wildman–Crippen LogP) is 1.77. The number of rotatable bonds is 5. The van der Waals surface area contributed by atoms with E-state index in [1.54, 1.807) is 11.8 Å². The highest BCUT2D eigenvalue weighted by Gasteiger charge is 2.17. The Morgan fingerprint density at radius 3 is 2.32 bits per heavy atom. The lowest BCUT2D eigenvalue weighted by Gasteiger charge is -2.30. The summed E-state index contributed by atoms with van der Waals surface area (Å²) in [4.78, 5) is 2.20. The largest absolute Gasteiger partial charge is 0.390 e. The summed E-state index contributed by atoms with van der Waals surface area (Å²) in [6, 6.07) is 0. The summed E-state index contributed by atoms with van der Waals surface area (Å²) < 4.78 is 0. The second kappa shape index (κ2) is 12.8. The molecule has 0 aromatic rings. The number of β-amino-alcohol motifs (C(OH)–C–C–N with tert-alkyl or cyclic N) is 1. The van der Waals surface area contributed by atoms with Gasteiger partial charge in [-0.2, -0.15) is 25.3 Å². The lowest BCUT2D eigenvalue weighted by atomic mass is 10.00. The van der Waals surface area contributed by atoms with Gasteiger partial charge in [-0.3, -0.25) is 4.90 Å². The van der Waals surface area contributed by atoms with Gasteiger partial charge in [0.2, 0.25) is 0 Å². The zero-order chi connectivity index (χ0) is 14.0. The fraction of sp³-hybridized carbons (Fsp3) is 0.571. The summed E-state index contributed by atoms with van der Waals surface area (Å²) in [7, 11) is 0. The average molecular weight is 305 g/mol. The highest BCUT2D eigenvalue weighted by Crippen LogP contribution is 2.19. The maximum Gasteiger partial charge on any atom is 0.0789 e. The van der Waals surface area contributed by atoms with E-state index in [-0.39, 0.29) is 13.5 Å². The first-order chi connectivity index (χ1) is 8.62. The predicted molar refractivity (Wildman–Crippen MR) is 93.4 cm³/mol. The molecule has 0 saturated carbocycles. The molecule has 1 atom stereocenters. The molecule has 3 N–H and O–H groups in total. The number of thioether (sulfide) groups is 1. The quantitative estimate of drug-likeness (QED) is 0.813. The van der Waals surface area contributed by atoms with Gasteiger partial charge in [-0.05, 0) is 30.1 Å². The van der Waals surface area contributed by atoms with Crippen LogP contribution in [0, 0.1) is 0 Å². The van der Waals surface area contributed by atoms with Crippen molar-refractivity contribution in [2.45, 2.75) is 12.5 Å². The summed E-state index contributed by atoms with van der Waals surface area (Å²) in [5, 5.41) is 9.46. The first-order valence-electron chi connectivity index (χ1n) is 6.10.